The first-order valence-electron chi connectivity index (χ1n) is 7.81. The number of halogens is 1. The zero-order valence-electron chi connectivity index (χ0n) is 14.5. The number of carbonyl (C=O) groups excluding carboxylic acids is 1. The maximum atomic E-state index is 12.5. The molecule has 0 fully saturated rings. The highest BCUT2D eigenvalue weighted by atomic mass is 35.5. The minimum absolute atomic E-state index is 0.0941. The van der Waals surface area contributed by atoms with Gasteiger partial charge in [0.2, 0.25) is 5.91 Å². The van der Waals surface area contributed by atoms with E-state index in [2.05, 4.69) is 15.5 Å². The maximum absolute atomic E-state index is 12.5. The summed E-state index contributed by atoms with van der Waals surface area (Å²) in [5, 5.41) is 12.4. The van der Waals surface area contributed by atoms with Gasteiger partial charge in [0.15, 0.2) is 0 Å². The smallest absolute Gasteiger partial charge is 0.245 e. The summed E-state index contributed by atoms with van der Waals surface area (Å²) in [5.74, 6) is -0.0941. The lowest BCUT2D eigenvalue weighted by molar-refractivity contribution is -0.124. The van der Waals surface area contributed by atoms with Crippen LogP contribution in [0.4, 0.5) is 0 Å². The first-order valence-corrected chi connectivity index (χ1v) is 8.19. The van der Waals surface area contributed by atoms with E-state index >= 15 is 0 Å². The Hall–Kier alpha value is -1.82. The average Bonchev–Trinajstić information content (AvgIpc) is 3.01. The molecular weight excluding hydrogens is 314 g/mol. The van der Waals surface area contributed by atoms with E-state index < -0.39 is 6.04 Å². The Balaban J connectivity index is 2.14. The summed E-state index contributed by atoms with van der Waals surface area (Å²) in [6.45, 7) is 12.3. The second-order valence-electron chi connectivity index (χ2n) is 5.86. The Labute approximate surface area is 141 Å². The molecule has 2 heterocycles. The van der Waals surface area contributed by atoms with Crippen molar-refractivity contribution in [2.24, 2.45) is 0 Å². The molecule has 1 N–H and O–H groups in total. The van der Waals surface area contributed by atoms with Crippen molar-refractivity contribution >= 4 is 17.5 Å². The number of hydrogen-bond donors (Lipinski definition) is 1. The van der Waals surface area contributed by atoms with Gasteiger partial charge in [-0.05, 0) is 41.5 Å². The van der Waals surface area contributed by atoms with Gasteiger partial charge >= 0.3 is 0 Å². The second kappa shape index (κ2) is 6.74. The number of aryl methyl sites for hydroxylation is 3. The average molecular weight is 338 g/mol. The molecule has 2 unspecified atom stereocenters. The van der Waals surface area contributed by atoms with Gasteiger partial charge in [-0.15, -0.1) is 0 Å². The minimum Gasteiger partial charge on any atom is -0.348 e. The normalized spacial score (nSPS) is 13.9. The summed E-state index contributed by atoms with van der Waals surface area (Å²) in [5.41, 5.74) is 3.49. The second-order valence-corrected chi connectivity index (χ2v) is 6.24. The zero-order chi connectivity index (χ0) is 17.3. The quantitative estimate of drug-likeness (QED) is 0.911. The van der Waals surface area contributed by atoms with Gasteiger partial charge in [-0.3, -0.25) is 14.2 Å². The molecule has 2 aromatic heterocycles. The lowest BCUT2D eigenvalue weighted by Gasteiger charge is -2.18. The lowest BCUT2D eigenvalue weighted by Crippen LogP contribution is -2.34. The third kappa shape index (κ3) is 3.42. The Morgan fingerprint density at radius 3 is 2.39 bits per heavy atom. The van der Waals surface area contributed by atoms with Crippen LogP contribution >= 0.6 is 11.6 Å². The molecule has 7 heteroatoms. The fraction of sp³-hybridized carbons (Fsp3) is 0.562. The van der Waals surface area contributed by atoms with Crippen molar-refractivity contribution in [3.63, 3.8) is 0 Å². The molecule has 2 atom stereocenters. The topological polar surface area (TPSA) is 64.7 Å². The van der Waals surface area contributed by atoms with Gasteiger partial charge in [-0.25, -0.2) is 0 Å². The molecule has 0 radical (unpaired) electrons. The van der Waals surface area contributed by atoms with Gasteiger partial charge in [0.25, 0.3) is 0 Å². The fourth-order valence-corrected chi connectivity index (χ4v) is 2.79. The summed E-state index contributed by atoms with van der Waals surface area (Å²) in [6, 6.07) is -0.539. The van der Waals surface area contributed by atoms with Crippen LogP contribution in [0, 0.1) is 20.8 Å². The minimum atomic E-state index is -0.426. The van der Waals surface area contributed by atoms with Crippen LogP contribution in [0.3, 0.4) is 0 Å². The number of aromatic nitrogens is 4. The van der Waals surface area contributed by atoms with Gasteiger partial charge in [0.1, 0.15) is 6.04 Å². The number of carbonyl (C=O) groups is 1. The zero-order valence-corrected chi connectivity index (χ0v) is 15.3. The number of nitrogens with one attached hydrogen (secondary N) is 1. The standard InChI is InChI=1S/C16H24ClN5O/c1-7-21-8-14(10(3)19-21)9(2)18-16(23)13(6)22-12(5)15(17)11(4)20-22/h8-9,13H,7H2,1-6H3,(H,18,23). The number of rotatable bonds is 5. The third-order valence-electron chi connectivity index (χ3n) is 4.12. The van der Waals surface area contributed by atoms with Crippen LogP contribution in [0.15, 0.2) is 6.20 Å². The molecule has 0 saturated heterocycles. The Morgan fingerprint density at radius 2 is 1.91 bits per heavy atom. The van der Waals surface area contributed by atoms with E-state index in [1.54, 1.807) is 4.68 Å². The van der Waals surface area contributed by atoms with Gasteiger partial charge in [-0.1, -0.05) is 11.6 Å². The van der Waals surface area contributed by atoms with E-state index in [1.165, 1.54) is 0 Å². The molecule has 0 aliphatic rings. The van der Waals surface area contributed by atoms with Crippen molar-refractivity contribution < 1.29 is 4.79 Å². The van der Waals surface area contributed by atoms with Crippen molar-refractivity contribution in [1.82, 2.24) is 24.9 Å². The summed E-state index contributed by atoms with van der Waals surface area (Å²) >= 11 is 6.16. The number of nitrogens with zero attached hydrogens (tertiary/aromatic N) is 4. The van der Waals surface area contributed by atoms with Crippen LogP contribution in [0.25, 0.3) is 0 Å². The summed E-state index contributed by atoms with van der Waals surface area (Å²) in [4.78, 5) is 12.5. The van der Waals surface area contributed by atoms with E-state index in [9.17, 15) is 4.79 Å². The Morgan fingerprint density at radius 1 is 1.26 bits per heavy atom. The molecule has 0 aliphatic carbocycles. The highest BCUT2D eigenvalue weighted by molar-refractivity contribution is 6.31. The van der Waals surface area contributed by atoms with Crippen molar-refractivity contribution in [2.75, 3.05) is 0 Å². The largest absolute Gasteiger partial charge is 0.348 e. The summed E-state index contributed by atoms with van der Waals surface area (Å²) in [7, 11) is 0. The van der Waals surface area contributed by atoms with Crippen LogP contribution in [0.2, 0.25) is 5.02 Å². The van der Waals surface area contributed by atoms with Crippen LogP contribution in [0.1, 0.15) is 55.5 Å². The van der Waals surface area contributed by atoms with Crippen molar-refractivity contribution in [1.29, 1.82) is 0 Å². The van der Waals surface area contributed by atoms with E-state index in [0.29, 0.717) is 5.02 Å². The monoisotopic (exact) mass is 337 g/mol. The highest BCUT2D eigenvalue weighted by Gasteiger charge is 2.23. The van der Waals surface area contributed by atoms with Crippen LogP contribution in [-0.4, -0.2) is 25.5 Å². The lowest BCUT2D eigenvalue weighted by atomic mass is 10.1. The molecule has 23 heavy (non-hydrogen) atoms. The SMILES string of the molecule is CCn1cc(C(C)NC(=O)C(C)n2nc(C)c(Cl)c2C)c(C)n1. The van der Waals surface area contributed by atoms with Crippen LogP contribution in [-0.2, 0) is 11.3 Å². The highest BCUT2D eigenvalue weighted by Crippen LogP contribution is 2.23. The molecule has 0 aliphatic heterocycles. The van der Waals surface area contributed by atoms with E-state index in [0.717, 1.165) is 29.2 Å². The van der Waals surface area contributed by atoms with Crippen LogP contribution in [0.5, 0.6) is 0 Å². The molecule has 0 saturated carbocycles. The summed E-state index contributed by atoms with van der Waals surface area (Å²) < 4.78 is 3.54. The molecule has 6 nitrogen and oxygen atoms in total. The third-order valence-corrected chi connectivity index (χ3v) is 4.66. The van der Waals surface area contributed by atoms with Gasteiger partial charge in [0, 0.05) is 18.3 Å². The first-order chi connectivity index (χ1) is 10.8. The molecule has 2 rings (SSSR count). The van der Waals surface area contributed by atoms with Gasteiger partial charge < -0.3 is 5.32 Å². The van der Waals surface area contributed by atoms with E-state index in [-0.39, 0.29) is 11.9 Å². The molecule has 0 spiro atoms. The Bertz CT molecular complexity index is 718. The predicted molar refractivity (Wildman–Crippen MR) is 90.6 cm³/mol. The van der Waals surface area contributed by atoms with Crippen molar-refractivity contribution in [3.05, 3.63) is 33.9 Å². The molecule has 126 valence electrons. The number of hydrogen-bond acceptors (Lipinski definition) is 3. The van der Waals surface area contributed by atoms with Crippen molar-refractivity contribution in [2.45, 2.75) is 60.2 Å². The predicted octanol–water partition coefficient (Wildman–Crippen LogP) is 3.12. The Kier molecular flexibility index (Phi) is 5.14. The molecule has 0 bridgehead atoms. The van der Waals surface area contributed by atoms with Crippen molar-refractivity contribution in [3.8, 4) is 0 Å². The molecular formula is C16H24ClN5O. The molecule has 0 aromatic carbocycles. The number of amides is 1. The fourth-order valence-electron chi connectivity index (χ4n) is 2.66. The first kappa shape index (κ1) is 17.5. The maximum Gasteiger partial charge on any atom is 0.245 e. The van der Waals surface area contributed by atoms with Gasteiger partial charge in [0.05, 0.1) is 28.1 Å². The molecule has 1 amide bonds. The van der Waals surface area contributed by atoms with Crippen LogP contribution < -0.4 is 5.32 Å². The summed E-state index contributed by atoms with van der Waals surface area (Å²) in [6.07, 6.45) is 1.98. The van der Waals surface area contributed by atoms with E-state index in [1.807, 2.05) is 52.4 Å². The molecule has 2 aromatic rings. The van der Waals surface area contributed by atoms with Gasteiger partial charge in [-0.2, -0.15) is 10.2 Å². The van der Waals surface area contributed by atoms with E-state index in [4.69, 9.17) is 11.6 Å².